The predicted octanol–water partition coefficient (Wildman–Crippen LogP) is 3.53. The molecule has 4 aromatic rings. The SMILES string of the molecule is O=C(CN1CCC(Cn2c(COc3ccccc3)nc3ccccc32)CC1)NCc1ccc2c(c1)OCO2.O=C(O)C(=O)O. The number of likely N-dealkylation sites (tertiary alicyclic amines) is 1. The van der Waals surface area contributed by atoms with Crippen molar-refractivity contribution in [3.63, 3.8) is 0 Å². The largest absolute Gasteiger partial charge is 0.486 e. The third-order valence-corrected chi connectivity index (χ3v) is 7.47. The lowest BCUT2D eigenvalue weighted by Gasteiger charge is -2.32. The van der Waals surface area contributed by atoms with Crippen LogP contribution in [0.2, 0.25) is 0 Å². The summed E-state index contributed by atoms with van der Waals surface area (Å²) in [6.45, 7) is 4.30. The lowest BCUT2D eigenvalue weighted by Crippen LogP contribution is -2.42. The van der Waals surface area contributed by atoms with Crippen LogP contribution in [0.1, 0.15) is 24.2 Å². The molecule has 0 bridgehead atoms. The molecular weight excluding hydrogens is 568 g/mol. The summed E-state index contributed by atoms with van der Waals surface area (Å²) in [6.07, 6.45) is 2.09. The first-order chi connectivity index (χ1) is 21.4. The highest BCUT2D eigenvalue weighted by molar-refractivity contribution is 6.27. The summed E-state index contributed by atoms with van der Waals surface area (Å²) in [5, 5.41) is 17.8. The first-order valence-electron chi connectivity index (χ1n) is 14.3. The van der Waals surface area contributed by atoms with Crippen molar-refractivity contribution in [2.75, 3.05) is 26.4 Å². The van der Waals surface area contributed by atoms with E-state index in [1.54, 1.807) is 0 Å². The van der Waals surface area contributed by atoms with Gasteiger partial charge in [-0.1, -0.05) is 36.4 Å². The summed E-state index contributed by atoms with van der Waals surface area (Å²) in [5.41, 5.74) is 3.14. The molecule has 230 valence electrons. The molecule has 0 radical (unpaired) electrons. The van der Waals surface area contributed by atoms with Crippen molar-refractivity contribution in [2.45, 2.75) is 32.5 Å². The number of carboxylic acids is 2. The van der Waals surface area contributed by atoms with Crippen molar-refractivity contribution in [3.05, 3.63) is 84.2 Å². The van der Waals surface area contributed by atoms with E-state index in [1.807, 2.05) is 54.6 Å². The van der Waals surface area contributed by atoms with Gasteiger partial charge in [0.15, 0.2) is 11.5 Å². The van der Waals surface area contributed by atoms with Crippen LogP contribution >= 0.6 is 0 Å². The molecule has 0 saturated carbocycles. The number of fused-ring (bicyclic) bond motifs is 2. The van der Waals surface area contributed by atoms with Gasteiger partial charge in [0.25, 0.3) is 0 Å². The second-order valence-electron chi connectivity index (χ2n) is 10.5. The standard InChI is InChI=1S/C30H32N4O4.C2H2O4/c35-30(31-17-23-10-11-27-28(16-23)38-21-37-27)19-33-14-12-22(13-15-33)18-34-26-9-5-4-8-25(26)32-29(34)20-36-24-6-2-1-3-7-24;3-1(4)2(5)6/h1-11,16,22H,12-15,17-21H2,(H,31,35);(H,3,4)(H,5,6). The maximum atomic E-state index is 12.6. The van der Waals surface area contributed by atoms with E-state index in [9.17, 15) is 4.79 Å². The Labute approximate surface area is 253 Å². The van der Waals surface area contributed by atoms with Crippen molar-refractivity contribution in [1.82, 2.24) is 19.8 Å². The molecule has 6 rings (SSSR count). The number of para-hydroxylation sites is 3. The number of carbonyl (C=O) groups is 3. The molecule has 3 aromatic carbocycles. The van der Waals surface area contributed by atoms with Crippen molar-refractivity contribution in [2.24, 2.45) is 5.92 Å². The number of imidazole rings is 1. The van der Waals surface area contributed by atoms with Gasteiger partial charge < -0.3 is 34.3 Å². The second-order valence-corrected chi connectivity index (χ2v) is 10.5. The van der Waals surface area contributed by atoms with Crippen LogP contribution < -0.4 is 19.5 Å². The van der Waals surface area contributed by atoms with Gasteiger partial charge in [0, 0.05) is 13.1 Å². The minimum atomic E-state index is -1.82. The van der Waals surface area contributed by atoms with E-state index in [2.05, 4.69) is 33.0 Å². The minimum absolute atomic E-state index is 0.0436. The number of nitrogens with one attached hydrogen (secondary N) is 1. The monoisotopic (exact) mass is 602 g/mol. The van der Waals surface area contributed by atoms with Gasteiger partial charge in [0.2, 0.25) is 12.7 Å². The Morgan fingerprint density at radius 1 is 0.909 bits per heavy atom. The zero-order valence-corrected chi connectivity index (χ0v) is 24.1. The Kier molecular flexibility index (Phi) is 9.92. The highest BCUT2D eigenvalue weighted by atomic mass is 16.7. The van der Waals surface area contributed by atoms with E-state index >= 15 is 0 Å². The molecule has 2 aliphatic heterocycles. The van der Waals surface area contributed by atoms with Crippen LogP contribution in [-0.4, -0.2) is 68.9 Å². The van der Waals surface area contributed by atoms with Gasteiger partial charge in [0.05, 0.1) is 17.6 Å². The van der Waals surface area contributed by atoms with Gasteiger partial charge >= 0.3 is 11.9 Å². The Morgan fingerprint density at radius 3 is 2.36 bits per heavy atom. The van der Waals surface area contributed by atoms with E-state index in [4.69, 9.17) is 39.0 Å². The smallest absolute Gasteiger partial charge is 0.414 e. The molecular formula is C32H34N4O8. The third-order valence-electron chi connectivity index (χ3n) is 7.47. The van der Waals surface area contributed by atoms with Crippen LogP contribution in [0.5, 0.6) is 17.2 Å². The van der Waals surface area contributed by atoms with Gasteiger partial charge in [-0.05, 0) is 73.8 Å². The Morgan fingerprint density at radius 2 is 1.61 bits per heavy atom. The zero-order valence-electron chi connectivity index (χ0n) is 24.1. The summed E-state index contributed by atoms with van der Waals surface area (Å²) in [7, 11) is 0. The van der Waals surface area contributed by atoms with Gasteiger partial charge in [-0.15, -0.1) is 0 Å². The molecule has 1 fully saturated rings. The van der Waals surface area contributed by atoms with Gasteiger partial charge in [-0.25, -0.2) is 14.6 Å². The highest BCUT2D eigenvalue weighted by Gasteiger charge is 2.23. The number of carbonyl (C=O) groups excluding carboxylic acids is 1. The molecule has 1 aromatic heterocycles. The van der Waals surface area contributed by atoms with Crippen LogP contribution in [0.4, 0.5) is 0 Å². The fourth-order valence-electron chi connectivity index (χ4n) is 5.20. The predicted molar refractivity (Wildman–Crippen MR) is 159 cm³/mol. The van der Waals surface area contributed by atoms with Crippen molar-refractivity contribution < 1.29 is 38.8 Å². The molecule has 3 N–H and O–H groups in total. The number of amides is 1. The van der Waals surface area contributed by atoms with Crippen LogP contribution in [0, 0.1) is 5.92 Å². The third kappa shape index (κ3) is 8.04. The number of piperidine rings is 1. The quantitative estimate of drug-likeness (QED) is 0.243. The number of hydrogen-bond acceptors (Lipinski definition) is 8. The number of ether oxygens (including phenoxy) is 3. The topological polar surface area (TPSA) is 152 Å². The molecule has 0 spiro atoms. The zero-order chi connectivity index (χ0) is 30.9. The molecule has 0 aliphatic carbocycles. The Balaban J connectivity index is 0.000000584. The van der Waals surface area contributed by atoms with Crippen molar-refractivity contribution in [1.29, 1.82) is 0 Å². The van der Waals surface area contributed by atoms with E-state index in [0.717, 1.165) is 72.1 Å². The van der Waals surface area contributed by atoms with Gasteiger partial charge in [-0.3, -0.25) is 9.69 Å². The average molecular weight is 603 g/mol. The molecule has 3 heterocycles. The molecule has 12 nitrogen and oxygen atoms in total. The summed E-state index contributed by atoms with van der Waals surface area (Å²) in [4.78, 5) is 37.9. The summed E-state index contributed by atoms with van der Waals surface area (Å²) < 4.78 is 19.1. The molecule has 2 aliphatic rings. The lowest BCUT2D eigenvalue weighted by atomic mass is 9.96. The van der Waals surface area contributed by atoms with Crippen LogP contribution in [0.25, 0.3) is 11.0 Å². The fraction of sp³-hybridized carbons (Fsp3) is 0.312. The Bertz CT molecular complexity index is 1590. The van der Waals surface area contributed by atoms with E-state index in [0.29, 0.717) is 25.6 Å². The maximum Gasteiger partial charge on any atom is 0.414 e. The molecule has 44 heavy (non-hydrogen) atoms. The first kappa shape index (κ1) is 30.4. The first-order valence-corrected chi connectivity index (χ1v) is 14.3. The average Bonchev–Trinajstić information content (AvgIpc) is 3.65. The number of aliphatic carboxylic acids is 2. The molecule has 0 atom stereocenters. The lowest BCUT2D eigenvalue weighted by molar-refractivity contribution is -0.159. The van der Waals surface area contributed by atoms with Crippen molar-refractivity contribution >= 4 is 28.9 Å². The summed E-state index contributed by atoms with van der Waals surface area (Å²) >= 11 is 0. The number of carboxylic acid groups (broad SMARTS) is 2. The van der Waals surface area contributed by atoms with Gasteiger partial charge in [-0.2, -0.15) is 0 Å². The summed E-state index contributed by atoms with van der Waals surface area (Å²) in [5.74, 6) is 0.196. The van der Waals surface area contributed by atoms with Crippen LogP contribution in [-0.2, 0) is 34.1 Å². The number of aromatic nitrogens is 2. The van der Waals surface area contributed by atoms with Crippen molar-refractivity contribution in [3.8, 4) is 17.2 Å². The maximum absolute atomic E-state index is 12.6. The number of nitrogens with zero attached hydrogens (tertiary/aromatic N) is 3. The minimum Gasteiger partial charge on any atom is -0.486 e. The molecule has 1 amide bonds. The molecule has 12 heteroatoms. The van der Waals surface area contributed by atoms with E-state index in [-0.39, 0.29) is 12.7 Å². The number of rotatable bonds is 9. The fourth-order valence-corrected chi connectivity index (χ4v) is 5.20. The number of hydrogen-bond donors (Lipinski definition) is 3. The molecule has 0 unspecified atom stereocenters. The van der Waals surface area contributed by atoms with Gasteiger partial charge in [0.1, 0.15) is 18.2 Å². The summed E-state index contributed by atoms with van der Waals surface area (Å²) in [6, 6.07) is 23.9. The highest BCUT2D eigenvalue weighted by Crippen LogP contribution is 2.32. The van der Waals surface area contributed by atoms with E-state index in [1.165, 1.54) is 0 Å². The van der Waals surface area contributed by atoms with Crippen LogP contribution in [0.3, 0.4) is 0 Å². The number of benzene rings is 3. The Hall–Kier alpha value is -5.10. The second kappa shape index (κ2) is 14.4. The normalized spacial score (nSPS) is 14.5. The van der Waals surface area contributed by atoms with Crippen LogP contribution in [0.15, 0.2) is 72.8 Å². The molecule has 1 saturated heterocycles. The van der Waals surface area contributed by atoms with E-state index < -0.39 is 11.9 Å².